The molecule has 0 spiro atoms. The second-order valence-corrected chi connectivity index (χ2v) is 3.56. The number of rotatable bonds is 2. The molecule has 0 atom stereocenters. The smallest absolute Gasteiger partial charge is 0.220 e. The summed E-state index contributed by atoms with van der Waals surface area (Å²) in [7, 11) is 0. The van der Waals surface area contributed by atoms with Crippen LogP contribution >= 0.6 is 0 Å². The lowest BCUT2D eigenvalue weighted by Gasteiger charge is -2.23. The van der Waals surface area contributed by atoms with Crippen LogP contribution in [0.5, 0.6) is 5.75 Å². The van der Waals surface area contributed by atoms with Crippen LogP contribution in [0.3, 0.4) is 0 Å². The highest BCUT2D eigenvalue weighted by Gasteiger charge is 2.30. The maximum atomic E-state index is 10.0. The molecule has 3 heteroatoms. The number of hydrogen-bond acceptors (Lipinski definition) is 3. The van der Waals surface area contributed by atoms with E-state index in [1.54, 1.807) is 42.5 Å². The summed E-state index contributed by atoms with van der Waals surface area (Å²) < 4.78 is 0. The first-order chi connectivity index (χ1) is 7.62. The number of hydrogen-bond donors (Lipinski definition) is 3. The first-order valence-corrected chi connectivity index (χ1v) is 4.91. The van der Waals surface area contributed by atoms with Gasteiger partial charge >= 0.3 is 0 Å². The Bertz CT molecular complexity index is 478. The normalized spacial score (nSPS) is 11.4. The van der Waals surface area contributed by atoms with Gasteiger partial charge in [-0.1, -0.05) is 42.5 Å². The average molecular weight is 216 g/mol. The van der Waals surface area contributed by atoms with Crippen LogP contribution in [0, 0.1) is 0 Å². The maximum Gasteiger partial charge on any atom is 0.220 e. The fraction of sp³-hybridized carbons (Fsp3) is 0.0769. The minimum atomic E-state index is -2.17. The van der Waals surface area contributed by atoms with Crippen LogP contribution in [-0.2, 0) is 5.79 Å². The van der Waals surface area contributed by atoms with E-state index in [0.29, 0.717) is 5.56 Å². The van der Waals surface area contributed by atoms with Gasteiger partial charge in [0.25, 0.3) is 0 Å². The summed E-state index contributed by atoms with van der Waals surface area (Å²) in [5.41, 5.74) is 0.387. The van der Waals surface area contributed by atoms with Gasteiger partial charge in [0.1, 0.15) is 5.75 Å². The third-order valence-corrected chi connectivity index (χ3v) is 2.46. The molecule has 0 heterocycles. The molecule has 2 aromatic carbocycles. The van der Waals surface area contributed by atoms with Crippen molar-refractivity contribution in [1.29, 1.82) is 0 Å². The van der Waals surface area contributed by atoms with Gasteiger partial charge < -0.3 is 15.3 Å². The Hall–Kier alpha value is -1.84. The molecule has 0 aromatic heterocycles. The van der Waals surface area contributed by atoms with Crippen LogP contribution < -0.4 is 0 Å². The van der Waals surface area contributed by atoms with Gasteiger partial charge in [-0.2, -0.15) is 0 Å². The number of aromatic hydroxyl groups is 1. The van der Waals surface area contributed by atoms with Gasteiger partial charge in [-0.3, -0.25) is 0 Å². The molecule has 0 saturated heterocycles. The molecule has 16 heavy (non-hydrogen) atoms. The third kappa shape index (κ3) is 1.78. The number of aliphatic hydroxyl groups is 2. The molecule has 0 unspecified atom stereocenters. The summed E-state index contributed by atoms with van der Waals surface area (Å²) in [4.78, 5) is 0. The van der Waals surface area contributed by atoms with Gasteiger partial charge in [-0.25, -0.2) is 0 Å². The highest BCUT2D eigenvalue weighted by atomic mass is 16.5. The zero-order valence-corrected chi connectivity index (χ0v) is 8.54. The Morgan fingerprint density at radius 3 is 1.94 bits per heavy atom. The first kappa shape index (κ1) is 10.7. The molecule has 3 nitrogen and oxygen atoms in total. The summed E-state index contributed by atoms with van der Waals surface area (Å²) in [5, 5.41) is 29.7. The lowest BCUT2D eigenvalue weighted by molar-refractivity contribution is -0.133. The van der Waals surface area contributed by atoms with Crippen LogP contribution in [0.15, 0.2) is 54.6 Å². The van der Waals surface area contributed by atoms with Crippen molar-refractivity contribution in [2.75, 3.05) is 0 Å². The molecule has 2 rings (SSSR count). The summed E-state index contributed by atoms with van der Waals surface area (Å²) in [5.74, 6) is -2.32. The molecule has 0 bridgehead atoms. The number of phenols is 1. The summed E-state index contributed by atoms with van der Waals surface area (Å²) in [6.45, 7) is 0. The van der Waals surface area contributed by atoms with E-state index < -0.39 is 5.79 Å². The van der Waals surface area contributed by atoms with Gasteiger partial charge in [0, 0.05) is 5.56 Å². The molecule has 0 aliphatic heterocycles. The number of phenolic OH excluding ortho intramolecular Hbond substituents is 1. The zero-order chi connectivity index (χ0) is 11.6. The topological polar surface area (TPSA) is 60.7 Å². The highest BCUT2D eigenvalue weighted by molar-refractivity contribution is 5.41. The van der Waals surface area contributed by atoms with E-state index in [1.165, 1.54) is 12.1 Å². The molecule has 0 fully saturated rings. The van der Waals surface area contributed by atoms with Crippen molar-refractivity contribution in [3.05, 3.63) is 65.7 Å². The van der Waals surface area contributed by atoms with Crippen LogP contribution in [0.1, 0.15) is 11.1 Å². The monoisotopic (exact) mass is 216 g/mol. The second-order valence-electron chi connectivity index (χ2n) is 3.56. The number of para-hydroxylation sites is 1. The second kappa shape index (κ2) is 3.96. The molecule has 0 radical (unpaired) electrons. The lowest BCUT2D eigenvalue weighted by atomic mass is 9.97. The van der Waals surface area contributed by atoms with Crippen molar-refractivity contribution in [2.45, 2.75) is 5.79 Å². The van der Waals surface area contributed by atoms with Crippen molar-refractivity contribution in [3.63, 3.8) is 0 Å². The molecular weight excluding hydrogens is 204 g/mol. The predicted molar refractivity (Wildman–Crippen MR) is 59.8 cm³/mol. The SMILES string of the molecule is Oc1ccccc1C(O)(O)c1ccccc1. The Labute approximate surface area is 93.2 Å². The van der Waals surface area contributed by atoms with Crippen LogP contribution in [0.25, 0.3) is 0 Å². The predicted octanol–water partition coefficient (Wildman–Crippen LogP) is 1.58. The van der Waals surface area contributed by atoms with Gasteiger partial charge in [0.2, 0.25) is 5.79 Å². The van der Waals surface area contributed by atoms with Gasteiger partial charge in [-0.05, 0) is 12.1 Å². The Balaban J connectivity index is 2.51. The fourth-order valence-corrected chi connectivity index (χ4v) is 1.59. The minimum Gasteiger partial charge on any atom is -0.507 e. The summed E-state index contributed by atoms with van der Waals surface area (Å²) in [6, 6.07) is 14.5. The van der Waals surface area contributed by atoms with E-state index in [9.17, 15) is 15.3 Å². The molecule has 3 N–H and O–H groups in total. The maximum absolute atomic E-state index is 10.0. The first-order valence-electron chi connectivity index (χ1n) is 4.91. The van der Waals surface area contributed by atoms with Gasteiger partial charge in [0.05, 0.1) is 5.56 Å². The minimum absolute atomic E-state index is 0.0706. The molecule has 0 aliphatic carbocycles. The average Bonchev–Trinajstić information content (AvgIpc) is 2.30. The van der Waals surface area contributed by atoms with Gasteiger partial charge in [0.15, 0.2) is 0 Å². The summed E-state index contributed by atoms with van der Waals surface area (Å²) >= 11 is 0. The van der Waals surface area contributed by atoms with Crippen LogP contribution in [0.4, 0.5) is 0 Å². The van der Waals surface area contributed by atoms with Crippen LogP contribution in [0.2, 0.25) is 0 Å². The van der Waals surface area contributed by atoms with Crippen LogP contribution in [-0.4, -0.2) is 15.3 Å². The van der Waals surface area contributed by atoms with Crippen molar-refractivity contribution in [3.8, 4) is 5.75 Å². The quantitative estimate of drug-likeness (QED) is 0.668. The van der Waals surface area contributed by atoms with Crippen molar-refractivity contribution < 1.29 is 15.3 Å². The largest absolute Gasteiger partial charge is 0.507 e. The standard InChI is InChI=1S/C13H12O3/c14-12-9-5-4-8-11(12)13(15,16)10-6-2-1-3-7-10/h1-9,14-16H. The molecule has 0 aliphatic rings. The zero-order valence-electron chi connectivity index (χ0n) is 8.54. The highest BCUT2D eigenvalue weighted by Crippen LogP contribution is 2.32. The molecule has 0 saturated carbocycles. The fourth-order valence-electron chi connectivity index (χ4n) is 1.59. The molecule has 0 amide bonds. The van der Waals surface area contributed by atoms with E-state index in [-0.39, 0.29) is 11.3 Å². The Morgan fingerprint density at radius 1 is 0.750 bits per heavy atom. The van der Waals surface area contributed by atoms with Crippen molar-refractivity contribution >= 4 is 0 Å². The summed E-state index contributed by atoms with van der Waals surface area (Å²) in [6.07, 6.45) is 0. The molecular formula is C13H12O3. The number of benzene rings is 2. The molecule has 82 valence electrons. The van der Waals surface area contributed by atoms with E-state index in [4.69, 9.17) is 0 Å². The molecule has 2 aromatic rings. The van der Waals surface area contributed by atoms with Crippen molar-refractivity contribution in [1.82, 2.24) is 0 Å². The third-order valence-electron chi connectivity index (χ3n) is 2.46. The lowest BCUT2D eigenvalue weighted by Crippen LogP contribution is -2.26. The van der Waals surface area contributed by atoms with Gasteiger partial charge in [-0.15, -0.1) is 0 Å². The van der Waals surface area contributed by atoms with E-state index in [0.717, 1.165) is 0 Å². The van der Waals surface area contributed by atoms with E-state index in [1.807, 2.05) is 0 Å². The van der Waals surface area contributed by atoms with Crippen molar-refractivity contribution in [2.24, 2.45) is 0 Å². The Morgan fingerprint density at radius 2 is 1.31 bits per heavy atom. The Kier molecular flexibility index (Phi) is 2.64. The van der Waals surface area contributed by atoms with E-state index >= 15 is 0 Å². The van der Waals surface area contributed by atoms with E-state index in [2.05, 4.69) is 0 Å².